The molecule has 30 heavy (non-hydrogen) atoms. The van der Waals surface area contributed by atoms with Gasteiger partial charge in [0.1, 0.15) is 10.6 Å². The first kappa shape index (κ1) is 19.2. The van der Waals surface area contributed by atoms with E-state index in [4.69, 9.17) is 15.7 Å². The van der Waals surface area contributed by atoms with Crippen LogP contribution in [0, 0.1) is 5.92 Å². The first-order valence-electron chi connectivity index (χ1n) is 10.1. The van der Waals surface area contributed by atoms with Crippen molar-refractivity contribution in [2.24, 2.45) is 11.7 Å². The van der Waals surface area contributed by atoms with Crippen LogP contribution < -0.4 is 10.6 Å². The van der Waals surface area contributed by atoms with Gasteiger partial charge in [0, 0.05) is 41.4 Å². The Balaban J connectivity index is 1.65. The second-order valence-corrected chi connectivity index (χ2v) is 9.34. The zero-order valence-electron chi connectivity index (χ0n) is 16.5. The number of hydrogen-bond acceptors (Lipinski definition) is 6. The highest BCUT2D eigenvalue weighted by atomic mass is 32.1. The molecule has 0 saturated carbocycles. The highest BCUT2D eigenvalue weighted by Gasteiger charge is 2.26. The van der Waals surface area contributed by atoms with Crippen molar-refractivity contribution in [3.63, 3.8) is 0 Å². The molecular formula is C23H22N4OS2. The normalized spacial score (nSPS) is 16.8. The van der Waals surface area contributed by atoms with Gasteiger partial charge >= 0.3 is 0 Å². The number of nitrogens with zero attached hydrogens (tertiary/aromatic N) is 3. The van der Waals surface area contributed by atoms with E-state index in [1.54, 1.807) is 22.7 Å². The minimum absolute atomic E-state index is 0.228. The van der Waals surface area contributed by atoms with E-state index in [2.05, 4.69) is 51.4 Å². The van der Waals surface area contributed by atoms with Crippen molar-refractivity contribution in [1.29, 1.82) is 0 Å². The zero-order valence-corrected chi connectivity index (χ0v) is 18.1. The molecule has 2 N–H and O–H groups in total. The first-order valence-corrected chi connectivity index (χ1v) is 11.9. The highest BCUT2D eigenvalue weighted by Crippen LogP contribution is 2.40. The van der Waals surface area contributed by atoms with E-state index in [0.717, 1.165) is 53.4 Å². The Kier molecular flexibility index (Phi) is 5.23. The maximum absolute atomic E-state index is 11.5. The number of amides is 1. The summed E-state index contributed by atoms with van der Waals surface area (Å²) in [7, 11) is 0. The fourth-order valence-corrected chi connectivity index (χ4v) is 5.79. The molecular weight excluding hydrogens is 412 g/mol. The van der Waals surface area contributed by atoms with Crippen LogP contribution in [0.1, 0.15) is 19.3 Å². The van der Waals surface area contributed by atoms with E-state index in [-0.39, 0.29) is 11.8 Å². The molecule has 5 nitrogen and oxygen atoms in total. The van der Waals surface area contributed by atoms with Crippen molar-refractivity contribution in [2.75, 3.05) is 18.0 Å². The molecule has 4 aromatic rings. The summed E-state index contributed by atoms with van der Waals surface area (Å²) in [6.45, 7) is 1.72. The number of rotatable bonds is 5. The Morgan fingerprint density at radius 2 is 2.00 bits per heavy atom. The monoisotopic (exact) mass is 434 g/mol. The molecule has 0 aliphatic carbocycles. The molecule has 1 aliphatic rings. The van der Waals surface area contributed by atoms with Crippen LogP contribution in [0.4, 0.5) is 5.82 Å². The SMILES string of the molecule is NC(=O)CC1CCCN(c2nc(-c3ccsc3)nc3scc(-c4ccccc4)c23)C1. The average Bonchev–Trinajstić information content (AvgIpc) is 3.43. The summed E-state index contributed by atoms with van der Waals surface area (Å²) in [5.74, 6) is 1.77. The topological polar surface area (TPSA) is 72.1 Å². The van der Waals surface area contributed by atoms with Gasteiger partial charge in [-0.25, -0.2) is 9.97 Å². The van der Waals surface area contributed by atoms with Gasteiger partial charge in [-0.05, 0) is 35.8 Å². The van der Waals surface area contributed by atoms with Crippen molar-refractivity contribution in [2.45, 2.75) is 19.3 Å². The number of benzene rings is 1. The molecule has 1 fully saturated rings. The minimum Gasteiger partial charge on any atom is -0.370 e. The third kappa shape index (κ3) is 3.70. The third-order valence-corrected chi connectivity index (χ3v) is 7.14. The molecule has 1 unspecified atom stereocenters. The number of carbonyl (C=O) groups is 1. The van der Waals surface area contributed by atoms with Crippen molar-refractivity contribution >= 4 is 44.6 Å². The van der Waals surface area contributed by atoms with Gasteiger partial charge in [0.25, 0.3) is 0 Å². The minimum atomic E-state index is -0.228. The van der Waals surface area contributed by atoms with Gasteiger partial charge in [0.05, 0.1) is 5.39 Å². The molecule has 1 aromatic carbocycles. The molecule has 0 bridgehead atoms. The molecule has 0 spiro atoms. The van der Waals surface area contributed by atoms with Crippen molar-refractivity contribution in [3.8, 4) is 22.5 Å². The number of fused-ring (bicyclic) bond motifs is 1. The standard InChI is InChI=1S/C23H22N4OS2/c24-19(28)11-15-5-4-9-27(12-15)22-20-18(16-6-2-1-3-7-16)14-30-23(20)26-21(25-22)17-8-10-29-13-17/h1-3,6-8,10,13-15H,4-5,9,11-12H2,(H2,24,28). The Labute approximate surface area is 183 Å². The summed E-state index contributed by atoms with van der Waals surface area (Å²) in [5, 5.41) is 7.42. The number of piperidine rings is 1. The maximum atomic E-state index is 11.5. The lowest BCUT2D eigenvalue weighted by Crippen LogP contribution is -2.37. The number of hydrogen-bond donors (Lipinski definition) is 1. The molecule has 3 aromatic heterocycles. The average molecular weight is 435 g/mol. The fourth-order valence-electron chi connectivity index (χ4n) is 4.21. The lowest BCUT2D eigenvalue weighted by atomic mass is 9.94. The molecule has 1 aliphatic heterocycles. The quantitative estimate of drug-likeness (QED) is 0.470. The van der Waals surface area contributed by atoms with Crippen molar-refractivity contribution in [1.82, 2.24) is 9.97 Å². The van der Waals surface area contributed by atoms with Crippen LogP contribution in [0.2, 0.25) is 0 Å². The number of anilines is 1. The van der Waals surface area contributed by atoms with Gasteiger partial charge in [0.2, 0.25) is 5.91 Å². The number of nitrogens with two attached hydrogens (primary N) is 1. The molecule has 5 rings (SSSR count). The molecule has 0 radical (unpaired) electrons. The lowest BCUT2D eigenvalue weighted by molar-refractivity contribution is -0.118. The van der Waals surface area contributed by atoms with Gasteiger partial charge in [-0.2, -0.15) is 11.3 Å². The van der Waals surface area contributed by atoms with Crippen LogP contribution >= 0.6 is 22.7 Å². The van der Waals surface area contributed by atoms with Crippen LogP contribution in [0.15, 0.2) is 52.5 Å². The number of aromatic nitrogens is 2. The van der Waals surface area contributed by atoms with E-state index in [0.29, 0.717) is 6.42 Å². The van der Waals surface area contributed by atoms with E-state index < -0.39 is 0 Å². The van der Waals surface area contributed by atoms with Crippen molar-refractivity contribution in [3.05, 3.63) is 52.5 Å². The molecule has 1 saturated heterocycles. The van der Waals surface area contributed by atoms with Gasteiger partial charge in [-0.15, -0.1) is 11.3 Å². The van der Waals surface area contributed by atoms with E-state index in [9.17, 15) is 4.79 Å². The fraction of sp³-hybridized carbons (Fsp3) is 0.261. The van der Waals surface area contributed by atoms with Crippen LogP contribution in [-0.4, -0.2) is 29.0 Å². The highest BCUT2D eigenvalue weighted by molar-refractivity contribution is 7.17. The summed E-state index contributed by atoms with van der Waals surface area (Å²) in [6.07, 6.45) is 2.49. The summed E-state index contributed by atoms with van der Waals surface area (Å²) in [5.41, 5.74) is 8.87. The Morgan fingerprint density at radius 3 is 2.77 bits per heavy atom. The number of primary amides is 1. The van der Waals surface area contributed by atoms with Crippen molar-refractivity contribution < 1.29 is 4.79 Å². The maximum Gasteiger partial charge on any atom is 0.217 e. The van der Waals surface area contributed by atoms with Crippen LogP contribution in [0.3, 0.4) is 0 Å². The number of thiophene rings is 2. The lowest BCUT2D eigenvalue weighted by Gasteiger charge is -2.33. The number of carbonyl (C=O) groups excluding carboxylic acids is 1. The summed E-state index contributed by atoms with van der Waals surface area (Å²) in [6, 6.07) is 12.5. The first-order chi connectivity index (χ1) is 14.7. The largest absolute Gasteiger partial charge is 0.370 e. The summed E-state index contributed by atoms with van der Waals surface area (Å²) >= 11 is 3.31. The van der Waals surface area contributed by atoms with Gasteiger partial charge in [0.15, 0.2) is 5.82 Å². The Bertz CT molecular complexity index is 1170. The predicted octanol–water partition coefficient (Wildman–Crippen LogP) is 5.18. The second-order valence-electron chi connectivity index (χ2n) is 7.70. The summed E-state index contributed by atoms with van der Waals surface area (Å²) < 4.78 is 0. The van der Waals surface area contributed by atoms with Crippen LogP contribution in [0.25, 0.3) is 32.7 Å². The van der Waals surface area contributed by atoms with E-state index in [1.807, 2.05) is 6.07 Å². The van der Waals surface area contributed by atoms with E-state index >= 15 is 0 Å². The Morgan fingerprint density at radius 1 is 1.13 bits per heavy atom. The predicted molar refractivity (Wildman–Crippen MR) is 125 cm³/mol. The molecule has 4 heterocycles. The molecule has 1 amide bonds. The Hall–Kier alpha value is -2.77. The zero-order chi connectivity index (χ0) is 20.5. The third-order valence-electron chi connectivity index (χ3n) is 5.59. The molecule has 7 heteroatoms. The van der Waals surface area contributed by atoms with E-state index in [1.165, 1.54) is 11.1 Å². The molecule has 1 atom stereocenters. The smallest absolute Gasteiger partial charge is 0.217 e. The van der Waals surface area contributed by atoms with Gasteiger partial charge in [-0.1, -0.05) is 30.3 Å². The van der Waals surface area contributed by atoms with Gasteiger partial charge < -0.3 is 10.6 Å². The second kappa shape index (κ2) is 8.16. The van der Waals surface area contributed by atoms with Crippen LogP contribution in [-0.2, 0) is 4.79 Å². The summed E-state index contributed by atoms with van der Waals surface area (Å²) in [4.78, 5) is 24.8. The molecule has 152 valence electrons. The van der Waals surface area contributed by atoms with Crippen LogP contribution in [0.5, 0.6) is 0 Å². The van der Waals surface area contributed by atoms with Gasteiger partial charge in [-0.3, -0.25) is 4.79 Å².